The smallest absolute Gasteiger partial charge is 0.317 e. The third kappa shape index (κ3) is 3.01. The summed E-state index contributed by atoms with van der Waals surface area (Å²) in [5, 5.41) is 19.1. The Morgan fingerprint density at radius 3 is 2.79 bits per heavy atom. The fourth-order valence-corrected chi connectivity index (χ4v) is 2.14. The number of hydrogen-bond donors (Lipinski definition) is 2. The fraction of sp³-hybridized carbons (Fsp3) is 0.636. The molecule has 1 aliphatic rings. The zero-order valence-corrected chi connectivity index (χ0v) is 10.9. The van der Waals surface area contributed by atoms with Crippen LogP contribution in [0.25, 0.3) is 0 Å². The zero-order chi connectivity index (χ0) is 14.0. The van der Waals surface area contributed by atoms with Crippen LogP contribution in [0.3, 0.4) is 0 Å². The van der Waals surface area contributed by atoms with Crippen molar-refractivity contribution < 1.29 is 14.7 Å². The number of rotatable bonds is 4. The molecule has 8 nitrogen and oxygen atoms in total. The molecule has 0 bridgehead atoms. The van der Waals surface area contributed by atoms with E-state index in [0.717, 1.165) is 0 Å². The Morgan fingerprint density at radius 2 is 2.26 bits per heavy atom. The van der Waals surface area contributed by atoms with Crippen LogP contribution in [0.2, 0.25) is 0 Å². The summed E-state index contributed by atoms with van der Waals surface area (Å²) in [6, 6.07) is -0.435. The van der Waals surface area contributed by atoms with Crippen LogP contribution >= 0.6 is 0 Å². The minimum Gasteiger partial charge on any atom is -0.481 e. The summed E-state index contributed by atoms with van der Waals surface area (Å²) in [7, 11) is 1.81. The van der Waals surface area contributed by atoms with Crippen molar-refractivity contribution in [2.45, 2.75) is 19.4 Å². The lowest BCUT2D eigenvalue weighted by Crippen LogP contribution is -2.54. The molecule has 1 aromatic heterocycles. The highest BCUT2D eigenvalue weighted by atomic mass is 16.4. The summed E-state index contributed by atoms with van der Waals surface area (Å²) in [6.45, 7) is 2.81. The van der Waals surface area contributed by atoms with Gasteiger partial charge >= 0.3 is 12.0 Å². The first-order valence-electron chi connectivity index (χ1n) is 6.08. The number of nitrogens with zero attached hydrogens (tertiary/aromatic N) is 4. The van der Waals surface area contributed by atoms with E-state index in [9.17, 15) is 9.59 Å². The van der Waals surface area contributed by atoms with Gasteiger partial charge in [0.15, 0.2) is 5.82 Å². The number of carbonyl (C=O) groups is 2. The molecule has 0 spiro atoms. The lowest BCUT2D eigenvalue weighted by atomic mass is 9.97. The molecule has 0 saturated carbocycles. The third-order valence-electron chi connectivity index (χ3n) is 3.18. The molecule has 2 N–H and O–H groups in total. The van der Waals surface area contributed by atoms with Crippen molar-refractivity contribution in [3.8, 4) is 0 Å². The van der Waals surface area contributed by atoms with Crippen molar-refractivity contribution in [1.82, 2.24) is 25.0 Å². The van der Waals surface area contributed by atoms with E-state index in [1.165, 1.54) is 0 Å². The minimum absolute atomic E-state index is 0.0633. The van der Waals surface area contributed by atoms with E-state index in [0.29, 0.717) is 18.9 Å². The van der Waals surface area contributed by atoms with E-state index in [1.54, 1.807) is 15.8 Å². The Labute approximate surface area is 110 Å². The number of aromatic nitrogens is 3. The second-order valence-corrected chi connectivity index (χ2v) is 4.84. The third-order valence-corrected chi connectivity index (χ3v) is 3.18. The minimum atomic E-state index is -0.822. The standard InChI is InChI=1S/C11H17N5O3/c1-7(10-14-12-6-15(10)2)13-11(19)16-4-8(5-16)3-9(17)18/h6-8H,3-5H2,1-2H3,(H,13,19)(H,17,18). The van der Waals surface area contributed by atoms with Crippen molar-refractivity contribution in [3.63, 3.8) is 0 Å². The highest BCUT2D eigenvalue weighted by molar-refractivity contribution is 5.76. The molecule has 2 heterocycles. The molecule has 0 radical (unpaired) electrons. The number of hydrogen-bond acceptors (Lipinski definition) is 4. The quantitative estimate of drug-likeness (QED) is 0.799. The molecule has 104 valence electrons. The number of likely N-dealkylation sites (tertiary alicyclic amines) is 1. The van der Waals surface area contributed by atoms with Crippen LogP contribution in [-0.2, 0) is 11.8 Å². The number of nitrogens with one attached hydrogen (secondary N) is 1. The first-order chi connectivity index (χ1) is 8.97. The molecule has 19 heavy (non-hydrogen) atoms. The molecule has 1 atom stereocenters. The van der Waals surface area contributed by atoms with Gasteiger partial charge in [0.05, 0.1) is 12.5 Å². The first-order valence-corrected chi connectivity index (χ1v) is 6.08. The maximum absolute atomic E-state index is 11.9. The summed E-state index contributed by atoms with van der Waals surface area (Å²) in [4.78, 5) is 24.0. The summed E-state index contributed by atoms with van der Waals surface area (Å²) in [5.41, 5.74) is 0. The number of carboxylic acid groups (broad SMARTS) is 1. The van der Waals surface area contributed by atoms with Gasteiger partial charge in [-0.3, -0.25) is 4.79 Å². The largest absolute Gasteiger partial charge is 0.481 e. The highest BCUT2D eigenvalue weighted by Gasteiger charge is 2.32. The van der Waals surface area contributed by atoms with Gasteiger partial charge in [-0.05, 0) is 6.92 Å². The summed E-state index contributed by atoms with van der Waals surface area (Å²) in [6.07, 6.45) is 1.69. The Kier molecular flexibility index (Phi) is 3.68. The van der Waals surface area contributed by atoms with Crippen LogP contribution in [0.1, 0.15) is 25.2 Å². The topological polar surface area (TPSA) is 100 Å². The summed E-state index contributed by atoms with van der Waals surface area (Å²) < 4.78 is 1.74. The van der Waals surface area contributed by atoms with Gasteiger partial charge in [-0.15, -0.1) is 10.2 Å². The SMILES string of the molecule is CC(NC(=O)N1CC(CC(=O)O)C1)c1nncn1C. The summed E-state index contributed by atoms with van der Waals surface area (Å²) >= 11 is 0. The van der Waals surface area contributed by atoms with Gasteiger partial charge in [0.2, 0.25) is 0 Å². The lowest BCUT2D eigenvalue weighted by Gasteiger charge is -2.38. The molecule has 1 aliphatic heterocycles. The first kappa shape index (κ1) is 13.3. The van der Waals surface area contributed by atoms with Crippen LogP contribution in [0.15, 0.2) is 6.33 Å². The molecule has 0 aliphatic carbocycles. The maximum Gasteiger partial charge on any atom is 0.317 e. The molecule has 1 saturated heterocycles. The Bertz CT molecular complexity index is 480. The van der Waals surface area contributed by atoms with Crippen LogP contribution in [0.5, 0.6) is 0 Å². The van der Waals surface area contributed by atoms with E-state index in [2.05, 4.69) is 15.5 Å². The van der Waals surface area contributed by atoms with E-state index < -0.39 is 5.97 Å². The van der Waals surface area contributed by atoms with Gasteiger partial charge in [-0.2, -0.15) is 0 Å². The van der Waals surface area contributed by atoms with Crippen molar-refractivity contribution >= 4 is 12.0 Å². The average Bonchev–Trinajstić information content (AvgIpc) is 2.68. The number of urea groups is 1. The average molecular weight is 267 g/mol. The van der Waals surface area contributed by atoms with Crippen LogP contribution in [0, 0.1) is 5.92 Å². The zero-order valence-electron chi connectivity index (χ0n) is 10.9. The fourth-order valence-electron chi connectivity index (χ4n) is 2.14. The molecular weight excluding hydrogens is 250 g/mol. The van der Waals surface area contributed by atoms with Gasteiger partial charge in [-0.25, -0.2) is 4.79 Å². The Balaban J connectivity index is 1.80. The second kappa shape index (κ2) is 5.25. The Hall–Kier alpha value is -2.12. The predicted octanol–water partition coefficient (Wildman–Crippen LogP) is -0.00780. The van der Waals surface area contributed by atoms with Crippen LogP contribution in [-0.4, -0.2) is 49.9 Å². The van der Waals surface area contributed by atoms with E-state index >= 15 is 0 Å². The predicted molar refractivity (Wildman–Crippen MR) is 65.3 cm³/mol. The van der Waals surface area contributed by atoms with Gasteiger partial charge in [-0.1, -0.05) is 0 Å². The molecule has 2 amide bonds. The number of amides is 2. The Morgan fingerprint density at radius 1 is 1.58 bits per heavy atom. The molecule has 2 rings (SSSR count). The number of aryl methyl sites for hydroxylation is 1. The van der Waals surface area contributed by atoms with Crippen LogP contribution in [0.4, 0.5) is 4.79 Å². The number of carbonyl (C=O) groups excluding carboxylic acids is 1. The van der Waals surface area contributed by atoms with Crippen LogP contribution < -0.4 is 5.32 Å². The van der Waals surface area contributed by atoms with Crippen molar-refractivity contribution in [1.29, 1.82) is 0 Å². The van der Waals surface area contributed by atoms with E-state index in [-0.39, 0.29) is 24.4 Å². The number of aliphatic carboxylic acids is 1. The lowest BCUT2D eigenvalue weighted by molar-refractivity contribution is -0.139. The van der Waals surface area contributed by atoms with Gasteiger partial charge in [0, 0.05) is 26.1 Å². The van der Waals surface area contributed by atoms with Gasteiger partial charge in [0.1, 0.15) is 6.33 Å². The van der Waals surface area contributed by atoms with Crippen molar-refractivity contribution in [2.75, 3.05) is 13.1 Å². The van der Waals surface area contributed by atoms with Gasteiger partial charge in [0.25, 0.3) is 0 Å². The molecular formula is C11H17N5O3. The van der Waals surface area contributed by atoms with Crippen molar-refractivity contribution in [3.05, 3.63) is 12.2 Å². The molecule has 8 heteroatoms. The maximum atomic E-state index is 11.9. The highest BCUT2D eigenvalue weighted by Crippen LogP contribution is 2.19. The monoisotopic (exact) mass is 267 g/mol. The van der Waals surface area contributed by atoms with E-state index in [1.807, 2.05) is 14.0 Å². The normalized spacial score (nSPS) is 16.8. The number of carboxylic acids is 1. The van der Waals surface area contributed by atoms with Gasteiger partial charge < -0.3 is 19.9 Å². The molecule has 1 fully saturated rings. The molecule has 1 unspecified atom stereocenters. The molecule has 1 aromatic rings. The summed E-state index contributed by atoms with van der Waals surface area (Å²) in [5.74, 6) is -0.0816. The van der Waals surface area contributed by atoms with E-state index in [4.69, 9.17) is 5.11 Å². The second-order valence-electron chi connectivity index (χ2n) is 4.84. The van der Waals surface area contributed by atoms with Crippen molar-refractivity contribution in [2.24, 2.45) is 13.0 Å². The molecule has 0 aromatic carbocycles.